The zero-order valence-electron chi connectivity index (χ0n) is 11.5. The Kier molecular flexibility index (Phi) is 3.11. The van der Waals surface area contributed by atoms with E-state index in [0.29, 0.717) is 17.4 Å². The Bertz CT molecular complexity index is 689. The normalized spacial score (nSPS) is 17.6. The van der Waals surface area contributed by atoms with Crippen LogP contribution in [-0.2, 0) is 13.0 Å². The number of anilines is 2. The Morgan fingerprint density at radius 2 is 2.33 bits per heavy atom. The first-order valence-corrected chi connectivity index (χ1v) is 8.74. The quantitative estimate of drug-likeness (QED) is 0.910. The Labute approximate surface area is 130 Å². The third-order valence-corrected chi connectivity index (χ3v) is 5.88. The van der Waals surface area contributed by atoms with Crippen molar-refractivity contribution in [1.29, 1.82) is 0 Å². The second kappa shape index (κ2) is 4.99. The number of nitrogen functional groups attached to an aromatic ring is 1. The molecule has 3 N–H and O–H groups in total. The number of thiophene rings is 1. The largest absolute Gasteiger partial charge is 0.382 e. The highest BCUT2D eigenvalue weighted by atomic mass is 32.1. The molecule has 110 valence electrons. The van der Waals surface area contributed by atoms with Crippen molar-refractivity contribution >= 4 is 39.6 Å². The molecule has 2 aromatic heterocycles. The summed E-state index contributed by atoms with van der Waals surface area (Å²) in [5, 5.41) is 6.05. The van der Waals surface area contributed by atoms with E-state index in [0.717, 1.165) is 37.4 Å². The maximum Gasteiger partial charge on any atom is 0.258 e. The topological polar surface area (TPSA) is 71.2 Å². The van der Waals surface area contributed by atoms with E-state index in [1.807, 2.05) is 11.3 Å². The van der Waals surface area contributed by atoms with E-state index in [-0.39, 0.29) is 5.91 Å². The number of hydrogen-bond acceptors (Lipinski definition) is 6. The predicted octanol–water partition coefficient (Wildman–Crippen LogP) is 2.24. The van der Waals surface area contributed by atoms with Gasteiger partial charge in [-0.3, -0.25) is 4.79 Å². The lowest BCUT2D eigenvalue weighted by atomic mass is 10.1. The van der Waals surface area contributed by atoms with Gasteiger partial charge in [-0.05, 0) is 47.8 Å². The molecule has 1 aliphatic heterocycles. The fourth-order valence-electron chi connectivity index (χ4n) is 2.63. The Balaban J connectivity index is 1.62. The monoisotopic (exact) mass is 320 g/mol. The molecule has 5 nitrogen and oxygen atoms in total. The molecule has 0 saturated heterocycles. The zero-order chi connectivity index (χ0) is 14.4. The summed E-state index contributed by atoms with van der Waals surface area (Å²) in [5.74, 6) is 0.277. The molecule has 7 heteroatoms. The fraction of sp³-hybridized carbons (Fsp3) is 0.429. The molecule has 1 saturated carbocycles. The number of carbonyl (C=O) groups excluding carboxylic acids is 1. The number of nitrogens with one attached hydrogen (secondary N) is 1. The molecular weight excluding hydrogens is 304 g/mol. The number of hydrogen-bond donors (Lipinski definition) is 2. The summed E-state index contributed by atoms with van der Waals surface area (Å²) < 4.78 is 4.20. The highest BCUT2D eigenvalue weighted by Crippen LogP contribution is 2.35. The average molecular weight is 320 g/mol. The lowest BCUT2D eigenvalue weighted by molar-refractivity contribution is 0.0952. The maximum absolute atomic E-state index is 12.4. The molecule has 2 aliphatic rings. The highest BCUT2D eigenvalue weighted by molar-refractivity contribution is 7.11. The van der Waals surface area contributed by atoms with E-state index in [1.165, 1.54) is 22.0 Å². The van der Waals surface area contributed by atoms with Gasteiger partial charge in [0.1, 0.15) is 10.6 Å². The number of fused-ring (bicyclic) bond motifs is 1. The van der Waals surface area contributed by atoms with Gasteiger partial charge in [0.05, 0.1) is 0 Å². The summed E-state index contributed by atoms with van der Waals surface area (Å²) in [4.78, 5) is 16.1. The molecule has 0 radical (unpaired) electrons. The van der Waals surface area contributed by atoms with Crippen LogP contribution in [0.25, 0.3) is 0 Å². The molecule has 1 aliphatic carbocycles. The van der Waals surface area contributed by atoms with Gasteiger partial charge in [0.25, 0.3) is 5.91 Å². The first-order valence-electron chi connectivity index (χ1n) is 7.08. The van der Waals surface area contributed by atoms with Crippen LogP contribution >= 0.6 is 22.9 Å². The Morgan fingerprint density at radius 1 is 1.48 bits per heavy atom. The number of amides is 1. The van der Waals surface area contributed by atoms with Gasteiger partial charge < -0.3 is 16.0 Å². The molecule has 0 aromatic carbocycles. The van der Waals surface area contributed by atoms with E-state index in [9.17, 15) is 4.79 Å². The van der Waals surface area contributed by atoms with E-state index in [4.69, 9.17) is 5.73 Å². The van der Waals surface area contributed by atoms with Crippen LogP contribution in [0.2, 0.25) is 0 Å². The van der Waals surface area contributed by atoms with Gasteiger partial charge in [0.2, 0.25) is 0 Å². The number of rotatable bonds is 3. The average Bonchev–Trinajstić information content (AvgIpc) is 3.01. The van der Waals surface area contributed by atoms with Gasteiger partial charge >= 0.3 is 0 Å². The minimum Gasteiger partial charge on any atom is -0.382 e. The maximum atomic E-state index is 12.4. The second-order valence-corrected chi connectivity index (χ2v) is 7.29. The van der Waals surface area contributed by atoms with Crippen LogP contribution in [0, 0.1) is 0 Å². The number of carbonyl (C=O) groups is 1. The second-order valence-electron chi connectivity index (χ2n) is 5.54. The van der Waals surface area contributed by atoms with E-state index < -0.39 is 0 Å². The lowest BCUT2D eigenvalue weighted by Crippen LogP contribution is -2.32. The van der Waals surface area contributed by atoms with Crippen LogP contribution < -0.4 is 16.0 Å². The number of nitrogens with zero attached hydrogens (tertiary/aromatic N) is 2. The minimum absolute atomic E-state index is 0.0742. The van der Waals surface area contributed by atoms with Crippen molar-refractivity contribution in [2.24, 2.45) is 0 Å². The molecule has 2 aromatic rings. The molecule has 1 amide bonds. The van der Waals surface area contributed by atoms with Crippen LogP contribution in [0.15, 0.2) is 11.4 Å². The fourth-order valence-corrected chi connectivity index (χ4v) is 4.36. The molecular formula is C14H16N4OS2. The minimum atomic E-state index is -0.0742. The summed E-state index contributed by atoms with van der Waals surface area (Å²) in [5.41, 5.74) is 7.85. The van der Waals surface area contributed by atoms with Crippen molar-refractivity contribution in [1.82, 2.24) is 9.69 Å². The zero-order valence-corrected chi connectivity index (χ0v) is 13.1. The first kappa shape index (κ1) is 13.1. The molecule has 0 atom stereocenters. The summed E-state index contributed by atoms with van der Waals surface area (Å²) in [7, 11) is 0. The van der Waals surface area contributed by atoms with Crippen LogP contribution in [0.1, 0.15) is 33.6 Å². The molecule has 4 rings (SSSR count). The number of nitrogens with two attached hydrogens (primary N) is 1. The van der Waals surface area contributed by atoms with Gasteiger partial charge in [-0.25, -0.2) is 0 Å². The van der Waals surface area contributed by atoms with Gasteiger partial charge in [0.15, 0.2) is 5.82 Å². The summed E-state index contributed by atoms with van der Waals surface area (Å²) in [6, 6.07) is 2.50. The van der Waals surface area contributed by atoms with Crippen LogP contribution in [0.4, 0.5) is 10.8 Å². The van der Waals surface area contributed by atoms with Crippen LogP contribution in [-0.4, -0.2) is 22.9 Å². The van der Waals surface area contributed by atoms with Crippen molar-refractivity contribution in [3.8, 4) is 0 Å². The first-order chi connectivity index (χ1) is 10.2. The lowest BCUT2D eigenvalue weighted by Gasteiger charge is -2.28. The third-order valence-electron chi connectivity index (χ3n) is 3.93. The third kappa shape index (κ3) is 2.40. The van der Waals surface area contributed by atoms with Gasteiger partial charge in [0, 0.05) is 24.0 Å². The molecule has 0 bridgehead atoms. The standard InChI is InChI=1S/C14H16N4OS2/c15-12-11(13(19)16-9-1-2-9)14(21-17-12)18-5-3-10-8(7-18)4-6-20-10/h4,6,9H,1-3,5,7H2,(H2,15,17)(H,16,19). The highest BCUT2D eigenvalue weighted by Gasteiger charge is 2.30. The molecule has 1 fully saturated rings. The molecule has 0 unspecified atom stereocenters. The number of aromatic nitrogens is 1. The summed E-state index contributed by atoms with van der Waals surface area (Å²) in [6.07, 6.45) is 3.16. The van der Waals surface area contributed by atoms with Gasteiger partial charge in [-0.1, -0.05) is 0 Å². The van der Waals surface area contributed by atoms with Crippen molar-refractivity contribution < 1.29 is 4.79 Å². The van der Waals surface area contributed by atoms with Crippen molar-refractivity contribution in [3.05, 3.63) is 27.5 Å². The van der Waals surface area contributed by atoms with Gasteiger partial charge in [-0.15, -0.1) is 11.3 Å². The van der Waals surface area contributed by atoms with E-state index >= 15 is 0 Å². The Morgan fingerprint density at radius 3 is 3.14 bits per heavy atom. The van der Waals surface area contributed by atoms with Crippen molar-refractivity contribution in [2.45, 2.75) is 31.8 Å². The molecule has 3 heterocycles. The molecule has 0 spiro atoms. The van der Waals surface area contributed by atoms with E-state index in [2.05, 4.69) is 26.0 Å². The van der Waals surface area contributed by atoms with Crippen molar-refractivity contribution in [2.75, 3.05) is 17.2 Å². The van der Waals surface area contributed by atoms with Gasteiger partial charge in [-0.2, -0.15) is 4.37 Å². The SMILES string of the molecule is Nc1nsc(N2CCc3sccc3C2)c1C(=O)NC1CC1. The van der Waals surface area contributed by atoms with E-state index in [1.54, 1.807) is 0 Å². The summed E-state index contributed by atoms with van der Waals surface area (Å²) >= 11 is 3.14. The predicted molar refractivity (Wildman–Crippen MR) is 86.1 cm³/mol. The van der Waals surface area contributed by atoms with Crippen molar-refractivity contribution in [3.63, 3.8) is 0 Å². The Hall–Kier alpha value is -1.60. The van der Waals surface area contributed by atoms with Crippen LogP contribution in [0.5, 0.6) is 0 Å². The summed E-state index contributed by atoms with van der Waals surface area (Å²) in [6.45, 7) is 1.75. The van der Waals surface area contributed by atoms with Crippen LogP contribution in [0.3, 0.4) is 0 Å². The smallest absolute Gasteiger partial charge is 0.258 e. The molecule has 21 heavy (non-hydrogen) atoms.